The lowest BCUT2D eigenvalue weighted by molar-refractivity contribution is -0.149. The molecule has 1 aliphatic carbocycles. The number of benzene rings is 1. The Morgan fingerprint density at radius 2 is 1.60 bits per heavy atom. The number of amides is 4. The number of alkyl halides is 2. The third kappa shape index (κ3) is 9.27. The maximum atomic E-state index is 15.3. The van der Waals surface area contributed by atoms with Crippen LogP contribution in [-0.2, 0) is 25.1 Å². The van der Waals surface area contributed by atoms with E-state index in [1.165, 1.54) is 13.2 Å². The number of rotatable bonds is 12. The molecule has 1 aromatic heterocycles. The Balaban J connectivity index is 1.49. The summed E-state index contributed by atoms with van der Waals surface area (Å²) >= 11 is 0. The zero-order valence-electron chi connectivity index (χ0n) is 28.3. The molecule has 3 N–H and O–H groups in total. The van der Waals surface area contributed by atoms with Gasteiger partial charge in [-0.15, -0.1) is 0 Å². The molecule has 48 heavy (non-hydrogen) atoms. The average molecular weight is 671 g/mol. The molecule has 3 unspecified atom stereocenters. The number of carbonyl (C=O) groups is 4. The molecule has 2 fully saturated rings. The monoisotopic (exact) mass is 670 g/mol. The second-order valence-corrected chi connectivity index (χ2v) is 12.8. The Bertz CT molecular complexity index is 1390. The van der Waals surface area contributed by atoms with Gasteiger partial charge in [-0.05, 0) is 49.6 Å². The van der Waals surface area contributed by atoms with Crippen molar-refractivity contribution in [3.05, 3.63) is 53.7 Å². The molecule has 1 saturated carbocycles. The van der Waals surface area contributed by atoms with Crippen LogP contribution in [0.15, 0.2) is 42.6 Å². The predicted octanol–water partition coefficient (Wildman–Crippen LogP) is 4.05. The summed E-state index contributed by atoms with van der Waals surface area (Å²) in [7, 11) is 3.36. The van der Waals surface area contributed by atoms with Crippen LogP contribution in [0.1, 0.15) is 75.8 Å². The second-order valence-electron chi connectivity index (χ2n) is 12.8. The molecule has 0 spiro atoms. The summed E-state index contributed by atoms with van der Waals surface area (Å²) in [5.74, 6) is -7.00. The Morgan fingerprint density at radius 3 is 2.17 bits per heavy atom. The van der Waals surface area contributed by atoms with Gasteiger partial charge < -0.3 is 30.5 Å². The van der Waals surface area contributed by atoms with E-state index in [9.17, 15) is 19.2 Å². The first-order valence-corrected chi connectivity index (χ1v) is 16.8. The number of hydrogen-bond donors (Lipinski definition) is 3. The smallest absolute Gasteiger partial charge is 0.351 e. The number of methoxy groups -OCH3 is 1. The molecule has 2 aliphatic rings. The van der Waals surface area contributed by atoms with Gasteiger partial charge in [0.15, 0.2) is 0 Å². The Hall–Kier alpha value is -4.13. The van der Waals surface area contributed by atoms with Crippen molar-refractivity contribution in [3.63, 3.8) is 0 Å². The number of nitrogens with zero attached hydrogens (tertiary/aromatic N) is 3. The van der Waals surface area contributed by atoms with E-state index in [4.69, 9.17) is 4.74 Å². The molecule has 0 radical (unpaired) electrons. The maximum Gasteiger partial charge on any atom is 0.351 e. The van der Waals surface area contributed by atoms with E-state index < -0.39 is 35.4 Å². The summed E-state index contributed by atoms with van der Waals surface area (Å²) in [5, 5.41) is 8.08. The lowest BCUT2D eigenvalue weighted by atomic mass is 9.90. The van der Waals surface area contributed by atoms with Crippen molar-refractivity contribution in [2.75, 3.05) is 45.7 Å². The van der Waals surface area contributed by atoms with Crippen LogP contribution in [0.5, 0.6) is 5.88 Å². The Kier molecular flexibility index (Phi) is 12.9. The van der Waals surface area contributed by atoms with Gasteiger partial charge in [-0.25, -0.2) is 4.98 Å². The van der Waals surface area contributed by atoms with Gasteiger partial charge in [-0.3, -0.25) is 19.2 Å². The van der Waals surface area contributed by atoms with Gasteiger partial charge in [0.05, 0.1) is 7.11 Å². The van der Waals surface area contributed by atoms with Crippen molar-refractivity contribution < 1.29 is 32.7 Å². The fourth-order valence-electron chi connectivity index (χ4n) is 6.27. The van der Waals surface area contributed by atoms with Crippen molar-refractivity contribution in [1.82, 2.24) is 25.4 Å². The highest BCUT2D eigenvalue weighted by molar-refractivity contribution is 5.98. The molecule has 2 aromatic rings. The van der Waals surface area contributed by atoms with Crippen molar-refractivity contribution >= 4 is 29.3 Å². The van der Waals surface area contributed by atoms with Crippen LogP contribution in [0.4, 0.5) is 14.5 Å². The van der Waals surface area contributed by atoms with Gasteiger partial charge in [0.1, 0.15) is 12.1 Å². The minimum Gasteiger partial charge on any atom is -0.481 e. The molecule has 11 nitrogen and oxygen atoms in total. The first-order valence-electron chi connectivity index (χ1n) is 16.8. The molecular weight excluding hydrogens is 622 g/mol. The van der Waals surface area contributed by atoms with Gasteiger partial charge in [0, 0.05) is 62.0 Å². The number of ether oxygens (including phenoxy) is 1. The highest BCUT2D eigenvalue weighted by Crippen LogP contribution is 2.31. The SMILES string of the molecule is CCC(=O)NC(C(=O)N1CCN(C)CC1)C(C)c1ccc(NC(=O)C(NC(=O)C(F)(F)c2ccc(OC)nc2)C2CCCCCC2)cc1. The standard InChI is InChI=1S/C35H48F2N6O5/c1-5-28(44)40-30(33(46)43-20-18-42(3)19-21-43)23(2)24-12-15-27(16-13-24)39-32(45)31(25-10-8-6-7-9-11-25)41-34(47)35(36,37)26-14-17-29(48-4)38-22-26/h12-17,22-23,25,30-31H,5-11,18-21H2,1-4H3,(H,39,45)(H,40,44)(H,41,47). The van der Waals surface area contributed by atoms with Crippen LogP contribution >= 0.6 is 0 Å². The van der Waals surface area contributed by atoms with Gasteiger partial charge in [-0.1, -0.05) is 51.7 Å². The van der Waals surface area contributed by atoms with Crippen LogP contribution in [-0.4, -0.2) is 90.8 Å². The number of nitrogens with one attached hydrogen (secondary N) is 3. The molecule has 2 heterocycles. The van der Waals surface area contributed by atoms with Gasteiger partial charge >= 0.3 is 5.92 Å². The largest absolute Gasteiger partial charge is 0.481 e. The lowest BCUT2D eigenvalue weighted by Gasteiger charge is -2.36. The summed E-state index contributed by atoms with van der Waals surface area (Å²) in [6.07, 6.45) is 5.99. The van der Waals surface area contributed by atoms with Crippen LogP contribution < -0.4 is 20.7 Å². The quantitative estimate of drug-likeness (QED) is 0.291. The summed E-state index contributed by atoms with van der Waals surface area (Å²) < 4.78 is 35.5. The van der Waals surface area contributed by atoms with Crippen LogP contribution in [0.3, 0.4) is 0 Å². The highest BCUT2D eigenvalue weighted by Gasteiger charge is 2.44. The van der Waals surface area contributed by atoms with Gasteiger partial charge in [0.2, 0.25) is 23.6 Å². The molecular formula is C35H48F2N6O5. The number of carbonyl (C=O) groups excluding carboxylic acids is 4. The van der Waals surface area contributed by atoms with Crippen molar-refractivity contribution in [2.24, 2.45) is 5.92 Å². The topological polar surface area (TPSA) is 133 Å². The zero-order valence-corrected chi connectivity index (χ0v) is 28.3. The van der Waals surface area contributed by atoms with Gasteiger partial charge in [0.25, 0.3) is 5.91 Å². The molecule has 262 valence electrons. The molecule has 1 aromatic carbocycles. The minimum absolute atomic E-state index is 0.133. The van der Waals surface area contributed by atoms with E-state index in [0.29, 0.717) is 31.6 Å². The van der Waals surface area contributed by atoms with Crippen LogP contribution in [0, 0.1) is 5.92 Å². The van der Waals surface area contributed by atoms with Crippen LogP contribution in [0.25, 0.3) is 0 Å². The van der Waals surface area contributed by atoms with E-state index in [0.717, 1.165) is 56.6 Å². The maximum absolute atomic E-state index is 15.3. The van der Waals surface area contributed by atoms with E-state index in [1.54, 1.807) is 36.1 Å². The summed E-state index contributed by atoms with van der Waals surface area (Å²) in [6, 6.07) is 7.27. The van der Waals surface area contributed by atoms with E-state index >= 15 is 8.78 Å². The molecule has 4 rings (SSSR count). The van der Waals surface area contributed by atoms with Crippen molar-refractivity contribution in [3.8, 4) is 5.88 Å². The lowest BCUT2D eigenvalue weighted by Crippen LogP contribution is -2.55. The van der Waals surface area contributed by atoms with E-state index in [2.05, 4.69) is 25.8 Å². The number of piperazine rings is 1. The number of halogens is 2. The molecule has 1 saturated heterocycles. The molecule has 1 aliphatic heterocycles. The fourth-order valence-corrected chi connectivity index (χ4v) is 6.27. The number of pyridine rings is 1. The number of anilines is 1. The molecule has 0 bridgehead atoms. The third-order valence-corrected chi connectivity index (χ3v) is 9.46. The molecule has 3 atom stereocenters. The summed E-state index contributed by atoms with van der Waals surface area (Å²) in [5.41, 5.74) is 0.581. The number of aromatic nitrogens is 1. The number of likely N-dealkylation sites (N-methyl/N-ethyl adjacent to an activating group) is 1. The third-order valence-electron chi connectivity index (χ3n) is 9.46. The molecule has 4 amide bonds. The Labute approximate surface area is 281 Å². The minimum atomic E-state index is -3.92. The predicted molar refractivity (Wildman–Crippen MR) is 178 cm³/mol. The first-order chi connectivity index (χ1) is 22.9. The van der Waals surface area contributed by atoms with Gasteiger partial charge in [-0.2, -0.15) is 8.78 Å². The summed E-state index contributed by atoms with van der Waals surface area (Å²) in [6.45, 7) is 6.26. The average Bonchev–Trinajstić information content (AvgIpc) is 3.39. The highest BCUT2D eigenvalue weighted by atomic mass is 19.3. The van der Waals surface area contributed by atoms with Crippen molar-refractivity contribution in [2.45, 2.75) is 82.7 Å². The summed E-state index contributed by atoms with van der Waals surface area (Å²) in [4.78, 5) is 60.4. The van der Waals surface area contributed by atoms with E-state index in [-0.39, 0.29) is 36.0 Å². The van der Waals surface area contributed by atoms with Crippen molar-refractivity contribution in [1.29, 1.82) is 0 Å². The Morgan fingerprint density at radius 1 is 0.958 bits per heavy atom. The normalized spacial score (nSPS) is 18.2. The second kappa shape index (κ2) is 16.8. The molecule has 13 heteroatoms. The van der Waals surface area contributed by atoms with E-state index in [1.807, 2.05) is 14.0 Å². The number of hydrogen-bond acceptors (Lipinski definition) is 7. The fraction of sp³-hybridized carbons (Fsp3) is 0.571. The first kappa shape index (κ1) is 36.7. The van der Waals surface area contributed by atoms with Crippen LogP contribution in [0.2, 0.25) is 0 Å². The zero-order chi connectivity index (χ0) is 34.8.